The molecule has 4 atom stereocenters. The van der Waals surface area contributed by atoms with Gasteiger partial charge in [-0.25, -0.2) is 9.97 Å². The van der Waals surface area contributed by atoms with E-state index in [0.717, 1.165) is 0 Å². The zero-order chi connectivity index (χ0) is 34.6. The first-order valence-corrected chi connectivity index (χ1v) is 24.7. The fourth-order valence-corrected chi connectivity index (χ4v) is 7.97. The van der Waals surface area contributed by atoms with E-state index in [1.807, 2.05) is 4.57 Å². The summed E-state index contributed by atoms with van der Waals surface area (Å²) in [5.41, 5.74) is 1.61. The number of anilines is 1. The molecule has 0 saturated carbocycles. The molecule has 0 radical (unpaired) electrons. The number of hydrogen-bond donors (Lipinski definition) is 1. The Morgan fingerprint density at radius 1 is 0.911 bits per heavy atom. The lowest BCUT2D eigenvalue weighted by atomic mass is 10.1. The summed E-state index contributed by atoms with van der Waals surface area (Å²) in [5.74, 6) is -0.0873. The Hall–Kier alpha value is -1.75. The Labute approximate surface area is 274 Å². The molecular formula is C32H59N5O5Si3. The Kier molecular flexibility index (Phi) is 10.6. The fourth-order valence-electron chi connectivity index (χ4n) is 4.36. The molecule has 1 amide bonds. The van der Waals surface area contributed by atoms with Gasteiger partial charge in [-0.15, -0.1) is 0 Å². The molecule has 254 valence electrons. The molecule has 1 aliphatic rings. The average molecular weight is 678 g/mol. The topological polar surface area (TPSA) is 110 Å². The maximum absolute atomic E-state index is 12.0. The third kappa shape index (κ3) is 8.04. The van der Waals surface area contributed by atoms with Crippen LogP contribution in [0.25, 0.3) is 17.2 Å². The molecule has 0 bridgehead atoms. The summed E-state index contributed by atoms with van der Waals surface area (Å²) in [5, 5.41) is 2.67. The molecule has 0 aliphatic carbocycles. The molecule has 0 aromatic carbocycles. The monoisotopic (exact) mass is 677 g/mol. The van der Waals surface area contributed by atoms with E-state index in [0.29, 0.717) is 23.5 Å². The zero-order valence-electron chi connectivity index (χ0n) is 30.7. The Morgan fingerprint density at radius 2 is 1.42 bits per heavy atom. The third-order valence-electron chi connectivity index (χ3n) is 10.4. The van der Waals surface area contributed by atoms with E-state index in [1.54, 1.807) is 12.4 Å². The number of imidazole rings is 1. The molecule has 2 aromatic rings. The van der Waals surface area contributed by atoms with E-state index in [9.17, 15) is 4.79 Å². The van der Waals surface area contributed by atoms with Crippen LogP contribution in [0.2, 0.25) is 54.4 Å². The molecule has 10 nitrogen and oxygen atoms in total. The van der Waals surface area contributed by atoms with Crippen molar-refractivity contribution in [2.24, 2.45) is 0 Å². The summed E-state index contributed by atoms with van der Waals surface area (Å²) < 4.78 is 30.3. The smallest absolute Gasteiger partial charge is 0.232 e. The minimum atomic E-state index is -2.34. The molecule has 0 unspecified atom stereocenters. The molecule has 1 fully saturated rings. The second-order valence-corrected chi connectivity index (χ2v) is 31.3. The van der Waals surface area contributed by atoms with Crippen molar-refractivity contribution in [2.45, 2.75) is 148 Å². The largest absolute Gasteiger partial charge is 0.414 e. The zero-order valence-corrected chi connectivity index (χ0v) is 33.7. The van der Waals surface area contributed by atoms with Crippen LogP contribution >= 0.6 is 0 Å². The van der Waals surface area contributed by atoms with Crippen molar-refractivity contribution in [3.8, 4) is 0 Å². The number of nitrogens with one attached hydrogen (secondary N) is 1. The van der Waals surface area contributed by atoms with Crippen molar-refractivity contribution < 1.29 is 22.8 Å². The molecule has 1 saturated heterocycles. The molecule has 3 rings (SSSR count). The van der Waals surface area contributed by atoms with E-state index in [1.165, 1.54) is 6.92 Å². The maximum Gasteiger partial charge on any atom is 0.232 e. The van der Waals surface area contributed by atoms with Crippen molar-refractivity contribution in [1.82, 2.24) is 19.5 Å². The van der Waals surface area contributed by atoms with E-state index >= 15 is 0 Å². The van der Waals surface area contributed by atoms with Crippen LogP contribution in [0.4, 0.5) is 5.95 Å². The van der Waals surface area contributed by atoms with Gasteiger partial charge in [-0.05, 0) is 60.5 Å². The highest BCUT2D eigenvalue weighted by atomic mass is 28.4. The van der Waals surface area contributed by atoms with Gasteiger partial charge in [-0.2, -0.15) is 4.98 Å². The highest BCUT2D eigenvalue weighted by Crippen LogP contribution is 2.47. The lowest BCUT2D eigenvalue weighted by Crippen LogP contribution is -2.54. The van der Waals surface area contributed by atoms with E-state index in [2.05, 4.69) is 123 Å². The second-order valence-electron chi connectivity index (χ2n) is 17.0. The molecule has 3 heterocycles. The minimum absolute atomic E-state index is 0.0293. The van der Waals surface area contributed by atoms with Gasteiger partial charge in [0.1, 0.15) is 23.8 Å². The molecule has 1 aliphatic heterocycles. The highest BCUT2D eigenvalue weighted by molar-refractivity contribution is 6.75. The first kappa shape index (κ1) is 37.7. The van der Waals surface area contributed by atoms with E-state index < -0.39 is 37.3 Å². The van der Waals surface area contributed by atoms with Crippen LogP contribution in [0.15, 0.2) is 12.9 Å². The van der Waals surface area contributed by atoms with Crippen molar-refractivity contribution >= 4 is 54.0 Å². The summed E-state index contributed by atoms with van der Waals surface area (Å²) in [7, 11) is -6.75. The molecule has 0 spiro atoms. The third-order valence-corrected chi connectivity index (χ3v) is 23.8. The summed E-state index contributed by atoms with van der Waals surface area (Å²) in [4.78, 5) is 25.8. The number of amides is 1. The number of nitrogens with zero attached hydrogens (tertiary/aromatic N) is 4. The molecule has 1 N–H and O–H groups in total. The number of ether oxygens (including phenoxy) is 1. The first-order valence-electron chi connectivity index (χ1n) is 16.0. The predicted molar refractivity (Wildman–Crippen MR) is 191 cm³/mol. The van der Waals surface area contributed by atoms with Crippen molar-refractivity contribution in [2.75, 3.05) is 11.9 Å². The highest BCUT2D eigenvalue weighted by Gasteiger charge is 2.55. The first-order chi connectivity index (χ1) is 20.2. The van der Waals surface area contributed by atoms with Crippen LogP contribution in [0, 0.1) is 0 Å². The van der Waals surface area contributed by atoms with Gasteiger partial charge in [-0.1, -0.05) is 68.9 Å². The minimum Gasteiger partial charge on any atom is -0.414 e. The van der Waals surface area contributed by atoms with Gasteiger partial charge in [-0.3, -0.25) is 14.7 Å². The van der Waals surface area contributed by atoms with E-state index in [-0.39, 0.29) is 39.2 Å². The number of hydrogen-bond acceptors (Lipinski definition) is 8. The van der Waals surface area contributed by atoms with Gasteiger partial charge in [0.15, 0.2) is 36.8 Å². The number of carbonyl (C=O) groups is 1. The lowest BCUT2D eigenvalue weighted by molar-refractivity contribution is -0.114. The Bertz CT molecular complexity index is 1390. The van der Waals surface area contributed by atoms with Gasteiger partial charge in [0.2, 0.25) is 11.9 Å². The van der Waals surface area contributed by atoms with Crippen LogP contribution in [-0.4, -0.2) is 75.3 Å². The van der Waals surface area contributed by atoms with Gasteiger partial charge in [0, 0.05) is 6.92 Å². The van der Waals surface area contributed by atoms with Crippen molar-refractivity contribution in [3.05, 3.63) is 18.6 Å². The number of fused-ring (bicyclic) bond motifs is 1. The molecule has 45 heavy (non-hydrogen) atoms. The maximum atomic E-state index is 12.0. The van der Waals surface area contributed by atoms with Gasteiger partial charge in [0.05, 0.1) is 18.6 Å². The molecule has 13 heteroatoms. The quantitative estimate of drug-likeness (QED) is 0.251. The fraction of sp³-hybridized carbons (Fsp3) is 0.750. The molecule has 2 aromatic heterocycles. The average Bonchev–Trinajstić information content (AvgIpc) is 3.40. The van der Waals surface area contributed by atoms with Gasteiger partial charge < -0.3 is 18.0 Å². The predicted octanol–water partition coefficient (Wildman–Crippen LogP) is 8.13. The lowest BCUT2D eigenvalue weighted by Gasteiger charge is -2.44. The number of rotatable bonds is 10. The summed E-state index contributed by atoms with van der Waals surface area (Å²) in [6.07, 6.45) is 1.49. The van der Waals surface area contributed by atoms with Crippen LogP contribution in [-0.2, 0) is 22.8 Å². The number of aromatic nitrogens is 4. The van der Waals surface area contributed by atoms with Crippen molar-refractivity contribution in [3.63, 3.8) is 0 Å². The normalized spacial score (nSPS) is 22.2. The summed E-state index contributed by atoms with van der Waals surface area (Å²) in [6, 6.07) is 0. The summed E-state index contributed by atoms with van der Waals surface area (Å²) >= 11 is 0. The Balaban J connectivity index is 2.24. The molecular weight excluding hydrogens is 619 g/mol. The van der Waals surface area contributed by atoms with Gasteiger partial charge >= 0.3 is 0 Å². The van der Waals surface area contributed by atoms with Gasteiger partial charge in [0.25, 0.3) is 0 Å². The van der Waals surface area contributed by atoms with E-state index in [4.69, 9.17) is 23.0 Å². The van der Waals surface area contributed by atoms with Crippen LogP contribution in [0.5, 0.6) is 0 Å². The standard InChI is InChI=1S/C32H59N5O5Si3/c1-18-22-24-27(36-29(35-22)34-21(2)38)37(20-33-24)28-26(42-45(16,17)32(9,10)11)25(41-44(14,15)31(6,7)8)23(40-28)19-39-43(12,13)30(3,4)5/h18,20,23,25-26,28H,1,19H2,2-17H3,(H,34,35,36,38)/t23-,25-,26-,28-/m1/s1. The van der Waals surface area contributed by atoms with Crippen LogP contribution in [0.3, 0.4) is 0 Å². The van der Waals surface area contributed by atoms with Crippen LogP contribution in [0.1, 0.15) is 81.2 Å². The second kappa shape index (κ2) is 12.7. The summed E-state index contributed by atoms with van der Waals surface area (Å²) in [6.45, 7) is 39.5. The Morgan fingerprint density at radius 3 is 1.89 bits per heavy atom. The SMILES string of the molecule is C=Cc1nc(NC(C)=O)nc2c1ncn2[C@@H]1O[C@H](CO[Si](C)(C)C(C)(C)C)[C@@H](O[Si](C)(C)C(C)(C)C)[C@H]1O[Si](C)(C)C(C)(C)C. The number of carbonyl (C=O) groups excluding carboxylic acids is 1. The van der Waals surface area contributed by atoms with Crippen LogP contribution < -0.4 is 5.32 Å². The van der Waals surface area contributed by atoms with Crippen molar-refractivity contribution in [1.29, 1.82) is 0 Å².